The minimum absolute atomic E-state index is 0.0127. The largest absolute Gasteiger partial charge is 0.507 e. The Labute approximate surface area is 199 Å². The number of carbonyl (C=O) groups is 2. The summed E-state index contributed by atoms with van der Waals surface area (Å²) >= 11 is 12.2. The maximum absolute atomic E-state index is 13.2. The normalized spacial score (nSPS) is 17.8. The number of amides is 1. The highest BCUT2D eigenvalue weighted by molar-refractivity contribution is 6.47. The number of furan rings is 1. The van der Waals surface area contributed by atoms with E-state index in [0.29, 0.717) is 16.3 Å². The molecule has 1 aromatic heterocycles. The van der Waals surface area contributed by atoms with Crippen LogP contribution in [0.15, 0.2) is 89.0 Å². The number of carbonyl (C=O) groups excluding carboxylic acids is 2. The Morgan fingerprint density at radius 2 is 1.73 bits per heavy atom. The number of hydrogen-bond donors (Lipinski definition) is 1. The molecule has 0 bridgehead atoms. The molecule has 3 aromatic carbocycles. The van der Waals surface area contributed by atoms with Gasteiger partial charge in [0.05, 0.1) is 34.5 Å². The molecule has 2 heterocycles. The number of aliphatic hydroxyl groups excluding tert-OH is 1. The average Bonchev–Trinajstić information content (AvgIpc) is 3.42. The van der Waals surface area contributed by atoms with Crippen LogP contribution in [0.3, 0.4) is 0 Å². The number of fused-ring (bicyclic) bond motifs is 1. The number of likely N-dealkylation sites (tertiary alicyclic amines) is 1. The smallest absolute Gasteiger partial charge is 0.296 e. The van der Waals surface area contributed by atoms with Crippen molar-refractivity contribution in [1.82, 2.24) is 4.90 Å². The first kappa shape index (κ1) is 21.3. The molecule has 1 amide bonds. The molecule has 7 heteroatoms. The standard InChI is InChI=1S/C26H17Cl2NO4/c27-20-11-10-16(13-21(20)28)24(30)22-23(19-9-3-6-15-5-1-2-8-18(15)19)29(26(32)25(22)31)14-17-7-4-12-33-17/h1-13,23,30H,14H2/b24-22-. The first-order valence-electron chi connectivity index (χ1n) is 10.2. The molecule has 1 N–H and O–H groups in total. The summed E-state index contributed by atoms with van der Waals surface area (Å²) in [5, 5.41) is 13.6. The number of ketones is 1. The van der Waals surface area contributed by atoms with Crippen molar-refractivity contribution in [3.63, 3.8) is 0 Å². The summed E-state index contributed by atoms with van der Waals surface area (Å²) in [5.74, 6) is -1.28. The average molecular weight is 478 g/mol. The van der Waals surface area contributed by atoms with Crippen LogP contribution in [0.1, 0.15) is 22.9 Å². The Kier molecular flexibility index (Phi) is 5.44. The molecule has 0 aliphatic carbocycles. The summed E-state index contributed by atoms with van der Waals surface area (Å²) in [6.07, 6.45) is 1.51. The Balaban J connectivity index is 1.75. The zero-order valence-electron chi connectivity index (χ0n) is 17.2. The van der Waals surface area contributed by atoms with Gasteiger partial charge in [-0.2, -0.15) is 0 Å². The number of Topliss-reactive ketones (excluding diaryl/α,β-unsaturated/α-hetero) is 1. The van der Waals surface area contributed by atoms with Crippen molar-refractivity contribution in [3.05, 3.63) is 112 Å². The van der Waals surface area contributed by atoms with Crippen LogP contribution in [0.5, 0.6) is 0 Å². The van der Waals surface area contributed by atoms with Crippen molar-refractivity contribution < 1.29 is 19.1 Å². The van der Waals surface area contributed by atoms with E-state index in [2.05, 4.69) is 0 Å². The van der Waals surface area contributed by atoms with Crippen LogP contribution in [0.25, 0.3) is 16.5 Å². The maximum atomic E-state index is 13.2. The minimum Gasteiger partial charge on any atom is -0.507 e. The molecule has 0 spiro atoms. The second-order valence-electron chi connectivity index (χ2n) is 7.70. The maximum Gasteiger partial charge on any atom is 0.296 e. The van der Waals surface area contributed by atoms with Gasteiger partial charge in [0.15, 0.2) is 0 Å². The highest BCUT2D eigenvalue weighted by Gasteiger charge is 2.46. The van der Waals surface area contributed by atoms with Crippen molar-refractivity contribution in [2.45, 2.75) is 12.6 Å². The number of rotatable bonds is 4. The molecule has 1 unspecified atom stereocenters. The molecule has 5 rings (SSSR count). The number of benzene rings is 3. The fourth-order valence-electron chi connectivity index (χ4n) is 4.22. The summed E-state index contributed by atoms with van der Waals surface area (Å²) in [6.45, 7) is 0.0730. The van der Waals surface area contributed by atoms with Crippen molar-refractivity contribution in [3.8, 4) is 0 Å². The van der Waals surface area contributed by atoms with Crippen LogP contribution < -0.4 is 0 Å². The van der Waals surface area contributed by atoms with E-state index in [0.717, 1.165) is 16.3 Å². The van der Waals surface area contributed by atoms with Crippen molar-refractivity contribution in [1.29, 1.82) is 0 Å². The van der Waals surface area contributed by atoms with E-state index in [-0.39, 0.29) is 22.9 Å². The van der Waals surface area contributed by atoms with Crippen LogP contribution in [0, 0.1) is 0 Å². The summed E-state index contributed by atoms with van der Waals surface area (Å²) < 4.78 is 5.44. The lowest BCUT2D eigenvalue weighted by atomic mass is 9.91. The summed E-state index contributed by atoms with van der Waals surface area (Å²) in [4.78, 5) is 27.8. The van der Waals surface area contributed by atoms with Crippen LogP contribution >= 0.6 is 23.2 Å². The molecule has 33 heavy (non-hydrogen) atoms. The van der Waals surface area contributed by atoms with Gasteiger partial charge in [0.1, 0.15) is 11.5 Å². The molecule has 164 valence electrons. The predicted octanol–water partition coefficient (Wildman–Crippen LogP) is 6.36. The predicted molar refractivity (Wildman–Crippen MR) is 127 cm³/mol. The molecule has 5 nitrogen and oxygen atoms in total. The van der Waals surface area contributed by atoms with Crippen molar-refractivity contribution in [2.24, 2.45) is 0 Å². The van der Waals surface area contributed by atoms with Crippen LogP contribution in [-0.2, 0) is 16.1 Å². The Bertz CT molecular complexity index is 1420. The lowest BCUT2D eigenvalue weighted by Gasteiger charge is -2.25. The van der Waals surface area contributed by atoms with Gasteiger partial charge in [-0.3, -0.25) is 9.59 Å². The van der Waals surface area contributed by atoms with Gasteiger partial charge in [-0.05, 0) is 46.7 Å². The molecule has 1 aliphatic heterocycles. The zero-order valence-corrected chi connectivity index (χ0v) is 18.7. The number of nitrogens with zero attached hydrogens (tertiary/aromatic N) is 1. The topological polar surface area (TPSA) is 70.8 Å². The number of hydrogen-bond acceptors (Lipinski definition) is 4. The lowest BCUT2D eigenvalue weighted by molar-refractivity contribution is -0.140. The van der Waals surface area contributed by atoms with Crippen molar-refractivity contribution >= 4 is 51.4 Å². The monoisotopic (exact) mass is 477 g/mol. The van der Waals surface area contributed by atoms with Gasteiger partial charge in [0.25, 0.3) is 11.7 Å². The van der Waals surface area contributed by atoms with E-state index in [9.17, 15) is 14.7 Å². The minimum atomic E-state index is -0.823. The van der Waals surface area contributed by atoms with Crippen molar-refractivity contribution in [2.75, 3.05) is 0 Å². The van der Waals surface area contributed by atoms with E-state index in [1.165, 1.54) is 23.3 Å². The molecular formula is C26H17Cl2NO4. The molecule has 1 atom stereocenters. The second-order valence-corrected chi connectivity index (χ2v) is 8.52. The highest BCUT2D eigenvalue weighted by atomic mass is 35.5. The number of halogens is 2. The molecule has 1 fully saturated rings. The second kappa shape index (κ2) is 8.43. The molecule has 1 saturated heterocycles. The molecule has 0 radical (unpaired) electrons. The van der Waals surface area contributed by atoms with Gasteiger partial charge in [-0.15, -0.1) is 0 Å². The van der Waals surface area contributed by atoms with Gasteiger partial charge in [0.2, 0.25) is 0 Å². The third kappa shape index (κ3) is 3.69. The Morgan fingerprint density at radius 1 is 0.939 bits per heavy atom. The SMILES string of the molecule is O=C1C(=O)N(Cc2ccco2)C(c2cccc3ccccc23)/C1=C(/O)c1ccc(Cl)c(Cl)c1. The molecule has 4 aromatic rings. The van der Waals surface area contributed by atoms with E-state index >= 15 is 0 Å². The van der Waals surface area contributed by atoms with Gasteiger partial charge in [-0.25, -0.2) is 0 Å². The van der Waals surface area contributed by atoms with E-state index in [1.54, 1.807) is 18.2 Å². The van der Waals surface area contributed by atoms with Gasteiger partial charge in [0, 0.05) is 5.56 Å². The van der Waals surface area contributed by atoms with Crippen LogP contribution in [-0.4, -0.2) is 21.7 Å². The number of aliphatic hydroxyl groups is 1. The van der Waals surface area contributed by atoms with Gasteiger partial charge < -0.3 is 14.4 Å². The third-order valence-corrected chi connectivity index (χ3v) is 6.50. The summed E-state index contributed by atoms with van der Waals surface area (Å²) in [5.41, 5.74) is 1.01. The molecule has 0 saturated carbocycles. The first-order valence-corrected chi connectivity index (χ1v) is 10.9. The van der Waals surface area contributed by atoms with Crippen LogP contribution in [0.2, 0.25) is 10.0 Å². The summed E-state index contributed by atoms with van der Waals surface area (Å²) in [7, 11) is 0. The molecular weight excluding hydrogens is 461 g/mol. The van der Waals surface area contributed by atoms with Crippen LogP contribution in [0.4, 0.5) is 0 Å². The molecule has 1 aliphatic rings. The first-order chi connectivity index (χ1) is 16.0. The van der Waals surface area contributed by atoms with Gasteiger partial charge in [-0.1, -0.05) is 65.7 Å². The quantitative estimate of drug-likeness (QED) is 0.211. The highest BCUT2D eigenvalue weighted by Crippen LogP contribution is 2.43. The lowest BCUT2D eigenvalue weighted by Crippen LogP contribution is -2.29. The summed E-state index contributed by atoms with van der Waals surface area (Å²) in [6, 6.07) is 20.6. The van der Waals surface area contributed by atoms with E-state index < -0.39 is 17.7 Å². The zero-order chi connectivity index (χ0) is 23.1. The Morgan fingerprint density at radius 3 is 2.48 bits per heavy atom. The van der Waals surface area contributed by atoms with E-state index in [1.807, 2.05) is 42.5 Å². The van der Waals surface area contributed by atoms with Gasteiger partial charge >= 0.3 is 0 Å². The third-order valence-electron chi connectivity index (χ3n) is 5.76. The fourth-order valence-corrected chi connectivity index (χ4v) is 4.52. The van der Waals surface area contributed by atoms with E-state index in [4.69, 9.17) is 27.6 Å². The Hall–Kier alpha value is -3.54. The fraction of sp³-hybridized carbons (Fsp3) is 0.0769.